The van der Waals surface area contributed by atoms with Crippen molar-refractivity contribution >= 4 is 38.5 Å². The van der Waals surface area contributed by atoms with Gasteiger partial charge in [0.05, 0.1) is 17.5 Å². The third-order valence-corrected chi connectivity index (χ3v) is 7.35. The zero-order chi connectivity index (χ0) is 20.9. The maximum absolute atomic E-state index is 13.5. The summed E-state index contributed by atoms with van der Waals surface area (Å²) in [7, 11) is -1.86. The monoisotopic (exact) mass is 437 g/mol. The van der Waals surface area contributed by atoms with Gasteiger partial charge in [0.15, 0.2) is 16.8 Å². The molecular weight excluding hydrogens is 420 g/mol. The summed E-state index contributed by atoms with van der Waals surface area (Å²) >= 11 is 1.21. The van der Waals surface area contributed by atoms with Crippen molar-refractivity contribution in [3.8, 4) is 0 Å². The minimum atomic E-state index is -3.45. The van der Waals surface area contributed by atoms with E-state index < -0.39 is 27.7 Å². The molecule has 0 radical (unpaired) electrons. The molecule has 0 spiro atoms. The number of rotatable bonds is 3. The molecule has 1 unspecified atom stereocenters. The molecule has 2 aromatic rings. The molecule has 1 atom stereocenters. The normalized spacial score (nSPS) is 17.9. The Kier molecular flexibility index (Phi) is 4.86. The molecule has 2 aromatic carbocycles. The first-order valence-corrected chi connectivity index (χ1v) is 11.2. The van der Waals surface area contributed by atoms with Crippen molar-refractivity contribution in [2.24, 2.45) is 4.40 Å². The Bertz CT molecular complexity index is 1150. The Morgan fingerprint density at radius 2 is 1.97 bits per heavy atom. The summed E-state index contributed by atoms with van der Waals surface area (Å²) in [6.45, 7) is 2.05. The lowest BCUT2D eigenvalue weighted by Gasteiger charge is -2.26. The van der Waals surface area contributed by atoms with Crippen LogP contribution in [0.1, 0.15) is 28.9 Å². The Balaban J connectivity index is 1.58. The fourth-order valence-electron chi connectivity index (χ4n) is 3.24. The van der Waals surface area contributed by atoms with Crippen LogP contribution in [0.4, 0.5) is 14.5 Å². The van der Waals surface area contributed by atoms with Crippen LogP contribution in [0.15, 0.2) is 45.7 Å². The second kappa shape index (κ2) is 7.10. The summed E-state index contributed by atoms with van der Waals surface area (Å²) in [4.78, 5) is 17.0. The van der Waals surface area contributed by atoms with Gasteiger partial charge in [0.2, 0.25) is 0 Å². The van der Waals surface area contributed by atoms with Crippen molar-refractivity contribution in [2.45, 2.75) is 17.9 Å². The smallest absolute Gasteiger partial charge is 0.257 e. The molecule has 152 valence electrons. The largest absolute Gasteiger partial charge is 0.335 e. The Morgan fingerprint density at radius 1 is 1.21 bits per heavy atom. The maximum Gasteiger partial charge on any atom is 0.257 e. The van der Waals surface area contributed by atoms with E-state index >= 15 is 0 Å². The van der Waals surface area contributed by atoms with Gasteiger partial charge in [-0.3, -0.25) is 4.79 Å². The van der Waals surface area contributed by atoms with Crippen molar-refractivity contribution in [3.63, 3.8) is 0 Å². The van der Waals surface area contributed by atoms with Crippen LogP contribution in [0.25, 0.3) is 0 Å². The summed E-state index contributed by atoms with van der Waals surface area (Å²) in [5, 5.41) is 0.388. The predicted octanol–water partition coefficient (Wildman–Crippen LogP) is 3.41. The lowest BCUT2D eigenvalue weighted by molar-refractivity contribution is 0.0742. The standard InChI is InChI=1S/C19H17F2N3O3S2/c1-11(12-3-5-14(20)15(21)9-12)23(2)18(25)13-4-6-16-17(10-13)28-19-22-29(26,27)8-7-24(16)19/h3-6,9-11H,7-8H2,1-2H3. The van der Waals surface area contributed by atoms with Crippen LogP contribution in [0.3, 0.4) is 0 Å². The summed E-state index contributed by atoms with van der Waals surface area (Å²) in [5.41, 5.74) is 1.71. The molecular formula is C19H17F2N3O3S2. The number of halogens is 2. The number of thioether (sulfide) groups is 1. The zero-order valence-corrected chi connectivity index (χ0v) is 17.2. The van der Waals surface area contributed by atoms with Gasteiger partial charge < -0.3 is 9.80 Å². The first kappa shape index (κ1) is 19.8. The van der Waals surface area contributed by atoms with Gasteiger partial charge in [0, 0.05) is 24.1 Å². The highest BCUT2D eigenvalue weighted by atomic mass is 32.2. The van der Waals surface area contributed by atoms with E-state index in [0.717, 1.165) is 22.7 Å². The topological polar surface area (TPSA) is 70.0 Å². The van der Waals surface area contributed by atoms with E-state index in [9.17, 15) is 22.0 Å². The number of fused-ring (bicyclic) bond motifs is 3. The number of hydrogen-bond acceptors (Lipinski definition) is 5. The highest BCUT2D eigenvalue weighted by molar-refractivity contribution is 8.15. The van der Waals surface area contributed by atoms with Crippen molar-refractivity contribution < 1.29 is 22.0 Å². The molecule has 0 N–H and O–H groups in total. The van der Waals surface area contributed by atoms with Crippen LogP contribution in [0, 0.1) is 11.6 Å². The summed E-state index contributed by atoms with van der Waals surface area (Å²) in [6, 6.07) is 8.23. The van der Waals surface area contributed by atoms with E-state index in [1.165, 1.54) is 22.7 Å². The molecule has 10 heteroatoms. The molecule has 0 saturated carbocycles. The van der Waals surface area contributed by atoms with Crippen LogP contribution in [-0.4, -0.2) is 43.7 Å². The number of hydrogen-bond donors (Lipinski definition) is 0. The third kappa shape index (κ3) is 3.62. The van der Waals surface area contributed by atoms with Gasteiger partial charge in [-0.05, 0) is 54.6 Å². The van der Waals surface area contributed by atoms with Gasteiger partial charge >= 0.3 is 0 Å². The first-order chi connectivity index (χ1) is 13.7. The van der Waals surface area contributed by atoms with E-state index in [1.807, 2.05) is 4.90 Å². The molecule has 4 rings (SSSR count). The van der Waals surface area contributed by atoms with Gasteiger partial charge in [-0.2, -0.15) is 0 Å². The van der Waals surface area contributed by atoms with Crippen LogP contribution in [0.5, 0.6) is 0 Å². The number of amidine groups is 1. The molecule has 2 aliphatic rings. The van der Waals surface area contributed by atoms with Gasteiger partial charge in [-0.25, -0.2) is 17.2 Å². The Hall–Kier alpha value is -2.46. The summed E-state index contributed by atoms with van der Waals surface area (Å²) in [5.74, 6) is -2.24. The second-order valence-corrected chi connectivity index (χ2v) is 9.63. The second-order valence-electron chi connectivity index (χ2n) is 6.86. The fraction of sp³-hybridized carbons (Fsp3) is 0.263. The van der Waals surface area contributed by atoms with Crippen LogP contribution in [-0.2, 0) is 10.0 Å². The predicted molar refractivity (Wildman–Crippen MR) is 108 cm³/mol. The highest BCUT2D eigenvalue weighted by Crippen LogP contribution is 2.42. The van der Waals surface area contributed by atoms with Gasteiger partial charge in [-0.15, -0.1) is 4.40 Å². The van der Waals surface area contributed by atoms with Gasteiger partial charge in [0.1, 0.15) is 0 Å². The lowest BCUT2D eigenvalue weighted by Crippen LogP contribution is -2.35. The minimum absolute atomic E-state index is 0.0499. The van der Waals surface area contributed by atoms with Crippen molar-refractivity contribution in [1.29, 1.82) is 0 Å². The summed E-state index contributed by atoms with van der Waals surface area (Å²) < 4.78 is 54.0. The molecule has 6 nitrogen and oxygen atoms in total. The number of carbonyl (C=O) groups is 1. The zero-order valence-electron chi connectivity index (χ0n) is 15.6. The summed E-state index contributed by atoms with van der Waals surface area (Å²) in [6.07, 6.45) is 0. The molecule has 0 fully saturated rings. The molecule has 1 amide bonds. The van der Waals surface area contributed by atoms with E-state index in [0.29, 0.717) is 22.8 Å². The number of carbonyl (C=O) groups excluding carboxylic acids is 1. The Labute approximate surface area is 171 Å². The SMILES string of the molecule is CC(c1ccc(F)c(F)c1)N(C)C(=O)c1ccc2c(c1)SC1=NS(=O)(=O)CCN12. The van der Waals surface area contributed by atoms with Crippen molar-refractivity contribution in [1.82, 2.24) is 4.90 Å². The quantitative estimate of drug-likeness (QED) is 0.736. The number of sulfonamides is 1. The molecule has 29 heavy (non-hydrogen) atoms. The van der Waals surface area contributed by atoms with E-state index in [4.69, 9.17) is 0 Å². The average molecular weight is 437 g/mol. The number of anilines is 1. The number of amides is 1. The van der Waals surface area contributed by atoms with Gasteiger partial charge in [-0.1, -0.05) is 6.07 Å². The Morgan fingerprint density at radius 3 is 2.69 bits per heavy atom. The molecule has 0 aromatic heterocycles. The van der Waals surface area contributed by atoms with Gasteiger partial charge in [0.25, 0.3) is 15.9 Å². The van der Waals surface area contributed by atoms with Crippen LogP contribution in [0.2, 0.25) is 0 Å². The van der Waals surface area contributed by atoms with E-state index in [2.05, 4.69) is 4.40 Å². The van der Waals surface area contributed by atoms with Crippen molar-refractivity contribution in [3.05, 3.63) is 59.2 Å². The molecule has 0 saturated heterocycles. The van der Waals surface area contributed by atoms with E-state index in [1.54, 1.807) is 32.2 Å². The molecule has 0 bridgehead atoms. The average Bonchev–Trinajstić information content (AvgIpc) is 3.03. The first-order valence-electron chi connectivity index (χ1n) is 8.80. The minimum Gasteiger partial charge on any atom is -0.335 e. The van der Waals surface area contributed by atoms with E-state index in [-0.39, 0.29) is 11.7 Å². The molecule has 0 aliphatic carbocycles. The number of benzene rings is 2. The lowest BCUT2D eigenvalue weighted by atomic mass is 10.1. The van der Waals surface area contributed by atoms with Crippen LogP contribution < -0.4 is 4.90 Å². The molecule has 2 heterocycles. The van der Waals surface area contributed by atoms with Crippen molar-refractivity contribution in [2.75, 3.05) is 24.2 Å². The molecule has 2 aliphatic heterocycles. The highest BCUT2D eigenvalue weighted by Gasteiger charge is 2.33. The third-order valence-electron chi connectivity index (χ3n) is 5.05. The van der Waals surface area contributed by atoms with Crippen LogP contribution >= 0.6 is 11.8 Å². The fourth-order valence-corrected chi connectivity index (χ4v) is 5.54. The maximum atomic E-state index is 13.5. The number of nitrogens with zero attached hydrogens (tertiary/aromatic N) is 3.